The summed E-state index contributed by atoms with van der Waals surface area (Å²) in [4.78, 5) is 58.0. The number of rotatable bonds is 13. The fraction of sp³-hybridized carbons (Fsp3) is 0.400. The number of nitrogens with zero attached hydrogens (tertiary/aromatic N) is 9. The Hall–Kier alpha value is -6.76. The highest BCUT2D eigenvalue weighted by Gasteiger charge is 2.35. The van der Waals surface area contributed by atoms with E-state index in [0.29, 0.717) is 87.1 Å². The quantitative estimate of drug-likeness (QED) is 0.152. The van der Waals surface area contributed by atoms with E-state index >= 15 is 8.78 Å². The van der Waals surface area contributed by atoms with Gasteiger partial charge in [0.25, 0.3) is 5.56 Å². The molecule has 344 valence electrons. The number of ether oxygens (including phenoxy) is 1. The topological polar surface area (TPSA) is 211 Å². The van der Waals surface area contributed by atoms with E-state index < -0.39 is 27.3 Å². The highest BCUT2D eigenvalue weighted by molar-refractivity contribution is 7.90. The Kier molecular flexibility index (Phi) is 12.5. The number of aromatic nitrogens is 4. The van der Waals surface area contributed by atoms with E-state index in [1.165, 1.54) is 58.9 Å². The fourth-order valence-corrected chi connectivity index (χ4v) is 9.85. The molecule has 21 heteroatoms. The summed E-state index contributed by atoms with van der Waals surface area (Å²) in [6.07, 6.45) is 8.43. The molecule has 3 saturated heterocycles. The maximum Gasteiger partial charge on any atom is 0.301 e. The number of fused-ring (bicyclic) bond motifs is 1. The van der Waals surface area contributed by atoms with Gasteiger partial charge in [-0.2, -0.15) is 18.0 Å². The minimum Gasteiger partial charge on any atom is -0.453 e. The summed E-state index contributed by atoms with van der Waals surface area (Å²) < 4.78 is 66.8. The van der Waals surface area contributed by atoms with Gasteiger partial charge >= 0.3 is 10.2 Å². The number of anilines is 3. The highest BCUT2D eigenvalue weighted by Crippen LogP contribution is 2.36. The third kappa shape index (κ3) is 9.61. The van der Waals surface area contributed by atoms with Crippen LogP contribution in [0.3, 0.4) is 0 Å². The van der Waals surface area contributed by atoms with E-state index in [2.05, 4.69) is 35.2 Å². The zero-order valence-electron chi connectivity index (χ0n) is 36.1. The predicted octanol–water partition coefficient (Wildman–Crippen LogP) is 4.09. The second kappa shape index (κ2) is 18.6. The van der Waals surface area contributed by atoms with Gasteiger partial charge < -0.3 is 25.2 Å². The molecule has 2 aromatic heterocycles. The first-order chi connectivity index (χ1) is 31.8. The van der Waals surface area contributed by atoms with E-state index in [-0.39, 0.29) is 64.6 Å². The normalized spacial score (nSPS) is 18.5. The standard InChI is InChI=1S/C45H48F2N12O6S/c1-55(31-4-5-31)66(63,64)54-40-10-8-37(46)43(36(40)22-48)65-33-6-9-39-35(21-33)44(62)59(27-52-39)32-24-50-45(51-25-32)58-18-16-57(17-19-58)42(61)26-56-14-12-28(13-15-56)34-7-2-29(20-38(34)47)53-30-3-11-41(60)49-23-30/h2,6-10,20-21,24-25,27-28,30-31,53-54H,3-5,11-19,23,26H2,1H3,(H,49,60). The molecule has 1 unspecified atom stereocenters. The zero-order chi connectivity index (χ0) is 46.1. The molecule has 0 radical (unpaired) electrons. The largest absolute Gasteiger partial charge is 0.453 e. The zero-order valence-corrected chi connectivity index (χ0v) is 36.9. The number of likely N-dealkylation sites (tertiary alicyclic amines) is 1. The lowest BCUT2D eigenvalue weighted by atomic mass is 9.89. The molecule has 5 aromatic rings. The van der Waals surface area contributed by atoms with Crippen molar-refractivity contribution >= 4 is 50.2 Å². The molecule has 5 heterocycles. The van der Waals surface area contributed by atoms with Crippen LogP contribution in [-0.2, 0) is 19.8 Å². The first kappa shape index (κ1) is 44.4. The highest BCUT2D eigenvalue weighted by atomic mass is 32.2. The lowest BCUT2D eigenvalue weighted by Crippen LogP contribution is -2.52. The van der Waals surface area contributed by atoms with Gasteiger partial charge in [0.2, 0.25) is 17.8 Å². The molecule has 3 aromatic carbocycles. The van der Waals surface area contributed by atoms with Crippen LogP contribution in [-0.4, -0.2) is 125 Å². The number of amides is 2. The molecule has 0 spiro atoms. The van der Waals surface area contributed by atoms with Crippen molar-refractivity contribution in [2.24, 2.45) is 0 Å². The van der Waals surface area contributed by atoms with Gasteiger partial charge in [-0.05, 0) is 99.1 Å². The number of nitriles is 1. The van der Waals surface area contributed by atoms with Crippen molar-refractivity contribution in [1.29, 1.82) is 5.26 Å². The molecular weight excluding hydrogens is 875 g/mol. The second-order valence-corrected chi connectivity index (χ2v) is 18.8. The summed E-state index contributed by atoms with van der Waals surface area (Å²) >= 11 is 0. The molecule has 9 rings (SSSR count). The molecular formula is C45H48F2N12O6S. The van der Waals surface area contributed by atoms with Crippen molar-refractivity contribution in [2.45, 2.75) is 56.5 Å². The van der Waals surface area contributed by atoms with Gasteiger partial charge in [0, 0.05) is 64.0 Å². The number of benzene rings is 3. The predicted molar refractivity (Wildman–Crippen MR) is 241 cm³/mol. The minimum absolute atomic E-state index is 0.00979. The Bertz CT molecular complexity index is 2870. The van der Waals surface area contributed by atoms with Gasteiger partial charge in [0.1, 0.15) is 29.5 Å². The third-order valence-corrected chi connectivity index (χ3v) is 14.2. The number of piperazine rings is 1. The second-order valence-electron chi connectivity index (χ2n) is 17.0. The average Bonchev–Trinajstić information content (AvgIpc) is 4.17. The van der Waals surface area contributed by atoms with Crippen LogP contribution >= 0.6 is 0 Å². The molecule has 1 aliphatic carbocycles. The molecule has 66 heavy (non-hydrogen) atoms. The number of halogens is 2. The van der Waals surface area contributed by atoms with E-state index in [1.807, 2.05) is 28.0 Å². The molecule has 1 saturated carbocycles. The van der Waals surface area contributed by atoms with Gasteiger partial charge in [-0.1, -0.05) is 6.07 Å². The summed E-state index contributed by atoms with van der Waals surface area (Å²) in [5.74, 6) is -1.08. The van der Waals surface area contributed by atoms with Crippen LogP contribution in [0.1, 0.15) is 55.6 Å². The SMILES string of the molecule is CN(C1CC1)S(=O)(=O)Nc1ccc(F)c(Oc2ccc3ncn(-c4cnc(N5CCN(C(=O)CN6CCC(c7ccc(NC8CCC(=O)NC8)cc7F)CC6)CC5)nc4)c(=O)c3c2)c1C#N. The number of piperidine rings is 2. The minimum atomic E-state index is -4.02. The van der Waals surface area contributed by atoms with Crippen LogP contribution in [0, 0.1) is 23.0 Å². The van der Waals surface area contributed by atoms with Crippen LogP contribution in [0.15, 0.2) is 72.0 Å². The first-order valence-corrected chi connectivity index (χ1v) is 23.4. The Morgan fingerprint density at radius 3 is 2.38 bits per heavy atom. The van der Waals surface area contributed by atoms with Crippen LogP contribution < -0.4 is 30.6 Å². The van der Waals surface area contributed by atoms with Gasteiger partial charge in [0.05, 0.1) is 41.2 Å². The summed E-state index contributed by atoms with van der Waals surface area (Å²) in [5, 5.41) is 16.2. The molecule has 1 atom stereocenters. The van der Waals surface area contributed by atoms with Crippen molar-refractivity contribution < 1.29 is 31.5 Å². The van der Waals surface area contributed by atoms with Crippen LogP contribution in [0.4, 0.5) is 26.1 Å². The molecule has 4 aliphatic rings. The average molecular weight is 923 g/mol. The van der Waals surface area contributed by atoms with Crippen molar-refractivity contribution in [3.63, 3.8) is 0 Å². The number of nitrogens with one attached hydrogen (secondary N) is 3. The van der Waals surface area contributed by atoms with Gasteiger partial charge in [-0.25, -0.2) is 23.7 Å². The van der Waals surface area contributed by atoms with Gasteiger partial charge in [0.15, 0.2) is 11.6 Å². The van der Waals surface area contributed by atoms with Crippen LogP contribution in [0.2, 0.25) is 0 Å². The molecule has 18 nitrogen and oxygen atoms in total. The number of carbonyl (C=O) groups excluding carboxylic acids is 2. The van der Waals surface area contributed by atoms with Gasteiger partial charge in [-0.15, -0.1) is 0 Å². The molecule has 3 N–H and O–H groups in total. The molecule has 3 aliphatic heterocycles. The van der Waals surface area contributed by atoms with E-state index in [0.717, 1.165) is 37.8 Å². The van der Waals surface area contributed by atoms with Crippen molar-refractivity contribution in [2.75, 3.05) is 74.3 Å². The first-order valence-electron chi connectivity index (χ1n) is 21.9. The maximum atomic E-state index is 15.2. The Morgan fingerprint density at radius 1 is 0.939 bits per heavy atom. The van der Waals surface area contributed by atoms with Crippen LogP contribution in [0.5, 0.6) is 11.5 Å². The Balaban J connectivity index is 0.782. The number of carbonyl (C=O) groups is 2. The number of hydrogen-bond acceptors (Lipinski definition) is 13. The van der Waals surface area contributed by atoms with E-state index in [9.17, 15) is 28.1 Å². The summed E-state index contributed by atoms with van der Waals surface area (Å²) in [6.45, 7) is 4.16. The maximum absolute atomic E-state index is 15.2. The van der Waals surface area contributed by atoms with Crippen molar-refractivity contribution in [3.8, 4) is 23.3 Å². The van der Waals surface area contributed by atoms with E-state index in [4.69, 9.17) is 4.74 Å². The third-order valence-electron chi connectivity index (χ3n) is 12.7. The monoisotopic (exact) mass is 922 g/mol. The smallest absolute Gasteiger partial charge is 0.301 e. The lowest BCUT2D eigenvalue weighted by Gasteiger charge is -2.37. The Morgan fingerprint density at radius 2 is 1.70 bits per heavy atom. The summed E-state index contributed by atoms with van der Waals surface area (Å²) in [5.41, 5.74) is 1.02. The summed E-state index contributed by atoms with van der Waals surface area (Å²) in [6, 6.07) is 13.5. The fourth-order valence-electron chi connectivity index (χ4n) is 8.66. The van der Waals surface area contributed by atoms with Crippen molar-refractivity contribution in [1.82, 2.24) is 38.9 Å². The lowest BCUT2D eigenvalue weighted by molar-refractivity contribution is -0.133. The Labute approximate surface area is 379 Å². The molecule has 2 amide bonds. The van der Waals surface area contributed by atoms with Crippen molar-refractivity contribution in [3.05, 3.63) is 100 Å². The molecule has 4 fully saturated rings. The van der Waals surface area contributed by atoms with Gasteiger partial charge in [-0.3, -0.25) is 28.6 Å². The molecule has 0 bridgehead atoms. The van der Waals surface area contributed by atoms with Crippen LogP contribution in [0.25, 0.3) is 16.6 Å². The summed E-state index contributed by atoms with van der Waals surface area (Å²) in [7, 11) is -2.59. The number of hydrogen-bond donors (Lipinski definition) is 3. The van der Waals surface area contributed by atoms with E-state index in [1.54, 1.807) is 0 Å².